The topological polar surface area (TPSA) is 72.2 Å². The third kappa shape index (κ3) is 6.13. The number of aryl methyl sites for hydroxylation is 3. The van der Waals surface area contributed by atoms with E-state index in [9.17, 15) is 9.00 Å². The van der Waals surface area contributed by atoms with Crippen LogP contribution in [-0.2, 0) is 34.2 Å². The van der Waals surface area contributed by atoms with Gasteiger partial charge in [-0.2, -0.15) is 0 Å². The van der Waals surface area contributed by atoms with E-state index in [2.05, 4.69) is 41.5 Å². The van der Waals surface area contributed by atoms with Gasteiger partial charge in [0.05, 0.1) is 11.4 Å². The van der Waals surface area contributed by atoms with E-state index >= 15 is 0 Å². The number of benzene rings is 2. The van der Waals surface area contributed by atoms with Crippen LogP contribution in [0.1, 0.15) is 35.1 Å². The van der Waals surface area contributed by atoms with Crippen LogP contribution >= 0.6 is 0 Å². The normalized spacial score (nSPS) is 12.0. The zero-order valence-corrected chi connectivity index (χ0v) is 18.6. The van der Waals surface area contributed by atoms with E-state index in [1.807, 2.05) is 38.1 Å². The summed E-state index contributed by atoms with van der Waals surface area (Å²) >= 11 is 0. The van der Waals surface area contributed by atoms with Gasteiger partial charge in [-0.05, 0) is 49.9 Å². The molecule has 1 amide bonds. The van der Waals surface area contributed by atoms with Crippen molar-refractivity contribution in [1.82, 2.24) is 10.3 Å². The van der Waals surface area contributed by atoms with E-state index < -0.39 is 10.8 Å². The molecular weight excluding hydrogens is 396 g/mol. The summed E-state index contributed by atoms with van der Waals surface area (Å²) in [5.74, 6) is 1.11. The monoisotopic (exact) mass is 424 g/mol. The lowest BCUT2D eigenvalue weighted by atomic mass is 10.1. The lowest BCUT2D eigenvalue weighted by Gasteiger charge is -2.05. The van der Waals surface area contributed by atoms with E-state index in [0.29, 0.717) is 23.9 Å². The van der Waals surface area contributed by atoms with Crippen molar-refractivity contribution >= 4 is 16.7 Å². The highest BCUT2D eigenvalue weighted by Gasteiger charge is 2.16. The highest BCUT2D eigenvalue weighted by molar-refractivity contribution is 7.84. The van der Waals surface area contributed by atoms with Crippen LogP contribution < -0.4 is 5.32 Å². The molecule has 6 heteroatoms. The largest absolute Gasteiger partial charge is 0.441 e. The van der Waals surface area contributed by atoms with Crippen LogP contribution in [0.4, 0.5) is 0 Å². The molecule has 1 aromatic heterocycles. The molecule has 30 heavy (non-hydrogen) atoms. The predicted octanol–water partition coefficient (Wildman–Crippen LogP) is 4.13. The van der Waals surface area contributed by atoms with Gasteiger partial charge >= 0.3 is 0 Å². The van der Waals surface area contributed by atoms with Crippen molar-refractivity contribution in [1.29, 1.82) is 0 Å². The molecular formula is C24H28N2O3S. The lowest BCUT2D eigenvalue weighted by molar-refractivity contribution is -0.118. The molecule has 0 radical (unpaired) electrons. The first kappa shape index (κ1) is 22.0. The second-order valence-corrected chi connectivity index (χ2v) is 8.84. The number of nitrogens with one attached hydrogen (secondary N) is 1. The summed E-state index contributed by atoms with van der Waals surface area (Å²) in [4.78, 5) is 16.6. The van der Waals surface area contributed by atoms with Gasteiger partial charge < -0.3 is 9.73 Å². The molecule has 1 heterocycles. The van der Waals surface area contributed by atoms with Crippen molar-refractivity contribution in [2.24, 2.45) is 0 Å². The Balaban J connectivity index is 1.49. The van der Waals surface area contributed by atoms with Crippen LogP contribution in [0.25, 0.3) is 11.5 Å². The standard InChI is InChI=1S/C24H28N2O3S/c1-4-19-9-11-21(12-10-19)24-26-22(18(3)29-24)15-30(28)16-23(27)25-14-13-20-7-5-17(2)6-8-20/h5-12H,4,13-16H2,1-3H3,(H,25,27)/t30-/m1/s1. The minimum absolute atomic E-state index is 0.0409. The van der Waals surface area contributed by atoms with E-state index in [1.165, 1.54) is 16.7 Å². The van der Waals surface area contributed by atoms with Gasteiger partial charge in [0.15, 0.2) is 0 Å². The van der Waals surface area contributed by atoms with Crippen LogP contribution in [0.15, 0.2) is 52.9 Å². The van der Waals surface area contributed by atoms with E-state index in [0.717, 1.165) is 18.4 Å². The third-order valence-electron chi connectivity index (χ3n) is 4.95. The third-order valence-corrected chi connectivity index (χ3v) is 6.13. The van der Waals surface area contributed by atoms with Gasteiger partial charge in [0.2, 0.25) is 11.8 Å². The number of nitrogens with zero attached hydrogens (tertiary/aromatic N) is 1. The summed E-state index contributed by atoms with van der Waals surface area (Å²) < 4.78 is 18.2. The summed E-state index contributed by atoms with van der Waals surface area (Å²) in [5.41, 5.74) is 5.15. The molecule has 5 nitrogen and oxygen atoms in total. The highest BCUT2D eigenvalue weighted by Crippen LogP contribution is 2.23. The minimum Gasteiger partial charge on any atom is -0.441 e. The van der Waals surface area contributed by atoms with E-state index in [-0.39, 0.29) is 17.4 Å². The van der Waals surface area contributed by atoms with Crippen molar-refractivity contribution in [3.8, 4) is 11.5 Å². The Labute approximate surface area is 180 Å². The van der Waals surface area contributed by atoms with Crippen molar-refractivity contribution in [3.63, 3.8) is 0 Å². The molecule has 0 aliphatic heterocycles. The quantitative estimate of drug-likeness (QED) is 0.561. The van der Waals surface area contributed by atoms with Crippen LogP contribution in [0.3, 0.4) is 0 Å². The molecule has 0 saturated carbocycles. The minimum atomic E-state index is -1.35. The maximum absolute atomic E-state index is 12.4. The fourth-order valence-electron chi connectivity index (χ4n) is 3.07. The van der Waals surface area contributed by atoms with Crippen LogP contribution in [0, 0.1) is 13.8 Å². The lowest BCUT2D eigenvalue weighted by Crippen LogP contribution is -2.30. The Hall–Kier alpha value is -2.73. The summed E-state index contributed by atoms with van der Waals surface area (Å²) in [6, 6.07) is 16.3. The molecule has 1 atom stereocenters. The molecule has 1 N–H and O–H groups in total. The van der Waals surface area contributed by atoms with Gasteiger partial charge in [0, 0.05) is 22.9 Å². The molecule has 0 saturated heterocycles. The molecule has 0 unspecified atom stereocenters. The average molecular weight is 425 g/mol. The fraction of sp³-hybridized carbons (Fsp3) is 0.333. The number of rotatable bonds is 9. The Morgan fingerprint density at radius 2 is 1.70 bits per heavy atom. The zero-order valence-electron chi connectivity index (χ0n) is 17.7. The van der Waals surface area contributed by atoms with Crippen molar-refractivity contribution < 1.29 is 13.4 Å². The second-order valence-electron chi connectivity index (χ2n) is 7.39. The molecule has 0 fully saturated rings. The number of aromatic nitrogens is 1. The first-order valence-electron chi connectivity index (χ1n) is 10.2. The number of carbonyl (C=O) groups is 1. The van der Waals surface area contributed by atoms with E-state index in [4.69, 9.17) is 4.42 Å². The molecule has 3 rings (SSSR count). The first-order chi connectivity index (χ1) is 14.4. The van der Waals surface area contributed by atoms with Gasteiger partial charge in [-0.15, -0.1) is 0 Å². The smallest absolute Gasteiger partial charge is 0.232 e. The average Bonchev–Trinajstić information content (AvgIpc) is 3.09. The fourth-order valence-corrected chi connectivity index (χ4v) is 4.14. The van der Waals surface area contributed by atoms with Gasteiger partial charge in [0.1, 0.15) is 11.5 Å². The van der Waals surface area contributed by atoms with Gasteiger partial charge in [0.25, 0.3) is 0 Å². The van der Waals surface area contributed by atoms with Crippen molar-refractivity contribution in [2.45, 2.75) is 39.4 Å². The summed E-state index contributed by atoms with van der Waals surface area (Å²) in [5, 5.41) is 2.84. The molecule has 2 aromatic carbocycles. The maximum atomic E-state index is 12.4. The number of carbonyl (C=O) groups excluding carboxylic acids is 1. The number of amides is 1. The summed E-state index contributed by atoms with van der Waals surface area (Å²) in [7, 11) is -1.35. The second kappa shape index (κ2) is 10.3. The maximum Gasteiger partial charge on any atom is 0.232 e. The Morgan fingerprint density at radius 1 is 1.03 bits per heavy atom. The zero-order chi connectivity index (χ0) is 21.5. The van der Waals surface area contributed by atoms with Gasteiger partial charge in [-0.3, -0.25) is 9.00 Å². The number of hydrogen-bond donors (Lipinski definition) is 1. The van der Waals surface area contributed by atoms with Crippen molar-refractivity contribution in [3.05, 3.63) is 76.7 Å². The SMILES string of the molecule is CCc1ccc(-c2nc(C[S@@](=O)CC(=O)NCCc3ccc(C)cc3)c(C)o2)cc1. The van der Waals surface area contributed by atoms with Crippen LogP contribution in [0.5, 0.6) is 0 Å². The molecule has 0 bridgehead atoms. The Bertz CT molecular complexity index is 1010. The molecule has 0 aliphatic carbocycles. The number of oxazole rings is 1. The molecule has 0 aliphatic rings. The molecule has 0 spiro atoms. The van der Waals surface area contributed by atoms with Gasteiger partial charge in [-0.1, -0.05) is 48.9 Å². The Kier molecular flexibility index (Phi) is 7.57. The summed E-state index contributed by atoms with van der Waals surface area (Å²) in [6.45, 7) is 6.49. The number of hydrogen-bond acceptors (Lipinski definition) is 4. The molecule has 158 valence electrons. The molecule has 3 aromatic rings. The predicted molar refractivity (Wildman–Crippen MR) is 121 cm³/mol. The van der Waals surface area contributed by atoms with E-state index in [1.54, 1.807) is 0 Å². The van der Waals surface area contributed by atoms with Crippen LogP contribution in [0.2, 0.25) is 0 Å². The summed E-state index contributed by atoms with van der Waals surface area (Å²) in [6.07, 6.45) is 1.73. The Morgan fingerprint density at radius 3 is 2.37 bits per heavy atom. The first-order valence-corrected chi connectivity index (χ1v) is 11.7. The van der Waals surface area contributed by atoms with Crippen LogP contribution in [-0.4, -0.2) is 27.4 Å². The van der Waals surface area contributed by atoms with Crippen molar-refractivity contribution in [2.75, 3.05) is 12.3 Å². The van der Waals surface area contributed by atoms with Gasteiger partial charge in [-0.25, -0.2) is 4.98 Å². The highest BCUT2D eigenvalue weighted by atomic mass is 32.2.